The van der Waals surface area contributed by atoms with Crippen LogP contribution in [0.1, 0.15) is 42.9 Å². The van der Waals surface area contributed by atoms with Gasteiger partial charge in [0.05, 0.1) is 5.25 Å². The number of piperidine rings is 1. The summed E-state index contributed by atoms with van der Waals surface area (Å²) in [6.45, 7) is 2.94. The molecule has 1 aliphatic carbocycles. The molecule has 1 atom stereocenters. The summed E-state index contributed by atoms with van der Waals surface area (Å²) < 4.78 is 26.0. The van der Waals surface area contributed by atoms with E-state index in [0.717, 1.165) is 24.0 Å². The molecule has 3 N–H and O–H groups in total. The summed E-state index contributed by atoms with van der Waals surface area (Å²) in [6, 6.07) is 6.89. The summed E-state index contributed by atoms with van der Waals surface area (Å²) in [6.07, 6.45) is 2.84. The van der Waals surface area contributed by atoms with Crippen molar-refractivity contribution in [3.05, 3.63) is 35.4 Å². The molecular weight excluding hydrogens is 326 g/mol. The second-order valence-corrected chi connectivity index (χ2v) is 9.03. The lowest BCUT2D eigenvalue weighted by Gasteiger charge is -2.32. The third-order valence-corrected chi connectivity index (χ3v) is 7.22. The molecule has 1 saturated heterocycles. The maximum Gasteiger partial charge on any atom is 0.241 e. The van der Waals surface area contributed by atoms with Crippen molar-refractivity contribution in [2.24, 2.45) is 5.73 Å². The number of carbonyl (C=O) groups is 1. The van der Waals surface area contributed by atoms with Crippen LogP contribution in [-0.2, 0) is 14.8 Å². The monoisotopic (exact) mass is 351 g/mol. The molecule has 2 fully saturated rings. The lowest BCUT2D eigenvalue weighted by Crippen LogP contribution is -2.49. The second-order valence-electron chi connectivity index (χ2n) is 6.81. The summed E-state index contributed by atoms with van der Waals surface area (Å²) in [4.78, 5) is 12.3. The molecule has 1 unspecified atom stereocenters. The summed E-state index contributed by atoms with van der Waals surface area (Å²) in [5, 5.41) is 2.80. The molecule has 1 aliphatic heterocycles. The minimum Gasteiger partial charge on any atom is -0.352 e. The van der Waals surface area contributed by atoms with E-state index in [1.54, 1.807) is 4.31 Å². The minimum atomic E-state index is -3.11. The minimum absolute atomic E-state index is 0.0142. The van der Waals surface area contributed by atoms with E-state index < -0.39 is 16.1 Å². The Labute approximate surface area is 143 Å². The molecule has 1 aromatic carbocycles. The van der Waals surface area contributed by atoms with Gasteiger partial charge in [-0.3, -0.25) is 4.79 Å². The fraction of sp³-hybridized carbons (Fsp3) is 0.588. The number of hydrogen-bond donors (Lipinski definition) is 2. The van der Waals surface area contributed by atoms with E-state index in [-0.39, 0.29) is 17.2 Å². The third kappa shape index (κ3) is 3.79. The molecule has 0 aromatic heterocycles. The van der Waals surface area contributed by atoms with Crippen LogP contribution in [0.25, 0.3) is 0 Å². The maximum atomic E-state index is 12.3. The highest BCUT2D eigenvalue weighted by Crippen LogP contribution is 2.32. The smallest absolute Gasteiger partial charge is 0.241 e. The van der Waals surface area contributed by atoms with Crippen molar-refractivity contribution >= 4 is 15.9 Å². The fourth-order valence-corrected chi connectivity index (χ4v) is 4.92. The van der Waals surface area contributed by atoms with Crippen LogP contribution >= 0.6 is 0 Å². The largest absolute Gasteiger partial charge is 0.352 e. The molecular formula is C17H25N3O3S. The number of sulfonamides is 1. The Bertz CT molecular complexity index is 690. The van der Waals surface area contributed by atoms with Crippen LogP contribution in [0.3, 0.4) is 0 Å². The Morgan fingerprint density at radius 2 is 1.75 bits per heavy atom. The number of aryl methyl sites for hydroxylation is 1. The number of nitrogens with zero attached hydrogens (tertiary/aromatic N) is 1. The van der Waals surface area contributed by atoms with Crippen LogP contribution in [-0.4, -0.2) is 43.0 Å². The quantitative estimate of drug-likeness (QED) is 0.830. The standard InChI is InChI=1S/C17H25N3O3S/c1-12-2-4-13(5-3-12)16(18)17(21)19-14-8-10-20(11-9-14)24(22,23)15-6-7-15/h2-5,14-16H,6-11,18H2,1H3,(H,19,21). The molecule has 1 aromatic rings. The molecule has 24 heavy (non-hydrogen) atoms. The topological polar surface area (TPSA) is 92.5 Å². The van der Waals surface area contributed by atoms with Gasteiger partial charge in [-0.2, -0.15) is 0 Å². The molecule has 1 heterocycles. The number of carbonyl (C=O) groups excluding carboxylic acids is 1. The Morgan fingerprint density at radius 1 is 1.17 bits per heavy atom. The molecule has 0 bridgehead atoms. The Hall–Kier alpha value is -1.44. The Morgan fingerprint density at radius 3 is 2.29 bits per heavy atom. The van der Waals surface area contributed by atoms with Gasteiger partial charge in [0.25, 0.3) is 0 Å². The molecule has 132 valence electrons. The number of rotatable bonds is 5. The van der Waals surface area contributed by atoms with Crippen LogP contribution in [0.5, 0.6) is 0 Å². The van der Waals surface area contributed by atoms with Crippen LogP contribution in [0, 0.1) is 6.92 Å². The normalized spacial score (nSPS) is 21.4. The van der Waals surface area contributed by atoms with Crippen LogP contribution < -0.4 is 11.1 Å². The van der Waals surface area contributed by atoms with Crippen molar-refractivity contribution in [3.63, 3.8) is 0 Å². The SMILES string of the molecule is Cc1ccc(C(N)C(=O)NC2CCN(S(=O)(=O)C3CC3)CC2)cc1. The Balaban J connectivity index is 1.52. The van der Waals surface area contributed by atoms with Crippen molar-refractivity contribution in [2.75, 3.05) is 13.1 Å². The first-order chi connectivity index (χ1) is 11.4. The molecule has 1 saturated carbocycles. The van der Waals surface area contributed by atoms with Crippen molar-refractivity contribution in [3.8, 4) is 0 Å². The highest BCUT2D eigenvalue weighted by molar-refractivity contribution is 7.90. The van der Waals surface area contributed by atoms with Gasteiger partial charge in [-0.15, -0.1) is 0 Å². The van der Waals surface area contributed by atoms with Crippen molar-refractivity contribution in [1.29, 1.82) is 0 Å². The lowest BCUT2D eigenvalue weighted by molar-refractivity contribution is -0.123. The van der Waals surface area contributed by atoms with E-state index in [1.165, 1.54) is 0 Å². The van der Waals surface area contributed by atoms with Crippen LogP contribution in [0.4, 0.5) is 0 Å². The van der Waals surface area contributed by atoms with Crippen LogP contribution in [0.15, 0.2) is 24.3 Å². The zero-order chi connectivity index (χ0) is 17.3. The number of nitrogens with one attached hydrogen (secondary N) is 1. The van der Waals surface area contributed by atoms with Crippen molar-refractivity contribution in [2.45, 2.75) is 49.9 Å². The van der Waals surface area contributed by atoms with E-state index in [2.05, 4.69) is 5.32 Å². The molecule has 1 amide bonds. The molecule has 2 aliphatic rings. The van der Waals surface area contributed by atoms with Gasteiger partial charge in [-0.25, -0.2) is 12.7 Å². The van der Waals surface area contributed by atoms with Crippen molar-refractivity contribution in [1.82, 2.24) is 9.62 Å². The zero-order valence-corrected chi connectivity index (χ0v) is 14.8. The van der Waals surface area contributed by atoms with Gasteiger partial charge in [-0.05, 0) is 38.2 Å². The number of nitrogens with two attached hydrogens (primary N) is 1. The first-order valence-electron chi connectivity index (χ1n) is 8.49. The van der Waals surface area contributed by atoms with E-state index in [1.807, 2.05) is 31.2 Å². The zero-order valence-electron chi connectivity index (χ0n) is 13.9. The van der Waals surface area contributed by atoms with Gasteiger partial charge < -0.3 is 11.1 Å². The summed E-state index contributed by atoms with van der Waals surface area (Å²) in [7, 11) is -3.11. The molecule has 3 rings (SSSR count). The molecule has 0 radical (unpaired) electrons. The first-order valence-corrected chi connectivity index (χ1v) is 10.00. The lowest BCUT2D eigenvalue weighted by atomic mass is 10.0. The fourth-order valence-electron chi connectivity index (χ4n) is 3.05. The van der Waals surface area contributed by atoms with Crippen molar-refractivity contribution < 1.29 is 13.2 Å². The van der Waals surface area contributed by atoms with Crippen LogP contribution in [0.2, 0.25) is 0 Å². The average molecular weight is 351 g/mol. The highest BCUT2D eigenvalue weighted by Gasteiger charge is 2.41. The van der Waals surface area contributed by atoms with E-state index in [9.17, 15) is 13.2 Å². The summed E-state index contributed by atoms with van der Waals surface area (Å²) in [5.74, 6) is -0.206. The summed E-state index contributed by atoms with van der Waals surface area (Å²) in [5.41, 5.74) is 7.94. The van der Waals surface area contributed by atoms with Gasteiger partial charge in [0, 0.05) is 19.1 Å². The number of hydrogen-bond acceptors (Lipinski definition) is 4. The van der Waals surface area contributed by atoms with Gasteiger partial charge in [0.2, 0.25) is 15.9 Å². The van der Waals surface area contributed by atoms with E-state index in [0.29, 0.717) is 25.9 Å². The van der Waals surface area contributed by atoms with Gasteiger partial charge in [-0.1, -0.05) is 29.8 Å². The second kappa shape index (κ2) is 6.82. The molecule has 7 heteroatoms. The maximum absolute atomic E-state index is 12.3. The van der Waals surface area contributed by atoms with E-state index in [4.69, 9.17) is 5.73 Å². The van der Waals surface area contributed by atoms with E-state index >= 15 is 0 Å². The van der Waals surface area contributed by atoms with Gasteiger partial charge >= 0.3 is 0 Å². The van der Waals surface area contributed by atoms with Gasteiger partial charge in [0.15, 0.2) is 0 Å². The van der Waals surface area contributed by atoms with Gasteiger partial charge in [0.1, 0.15) is 6.04 Å². The Kier molecular flexibility index (Phi) is 4.94. The first kappa shape index (κ1) is 17.4. The molecule has 6 nitrogen and oxygen atoms in total. The highest BCUT2D eigenvalue weighted by atomic mass is 32.2. The summed E-state index contributed by atoms with van der Waals surface area (Å²) >= 11 is 0. The third-order valence-electron chi connectivity index (χ3n) is 4.82. The number of amides is 1. The predicted octanol–water partition coefficient (Wildman–Crippen LogP) is 1.07. The molecule has 0 spiro atoms. The number of benzene rings is 1. The predicted molar refractivity (Wildman–Crippen MR) is 92.8 cm³/mol. The average Bonchev–Trinajstić information content (AvgIpc) is 3.41.